The van der Waals surface area contributed by atoms with Crippen molar-refractivity contribution in [3.8, 4) is 0 Å². The van der Waals surface area contributed by atoms with Gasteiger partial charge in [0.15, 0.2) is 0 Å². The molecule has 0 saturated carbocycles. The van der Waals surface area contributed by atoms with Crippen molar-refractivity contribution in [2.75, 3.05) is 5.75 Å². The Bertz CT molecular complexity index is 332. The molecule has 0 aliphatic carbocycles. The first-order valence-corrected chi connectivity index (χ1v) is 8.66. The number of fused-ring (bicyclic) bond motifs is 1. The number of thioether (sulfide) groups is 1. The molecule has 1 nitrogen and oxygen atoms in total. The van der Waals surface area contributed by atoms with Crippen LogP contribution >= 0.6 is 23.1 Å². The van der Waals surface area contributed by atoms with E-state index in [0.717, 1.165) is 12.3 Å². The molecule has 1 unspecified atom stereocenters. The number of rotatable bonds is 5. The fourth-order valence-corrected chi connectivity index (χ4v) is 4.84. The van der Waals surface area contributed by atoms with Crippen LogP contribution in [0.25, 0.3) is 0 Å². The summed E-state index contributed by atoms with van der Waals surface area (Å²) in [5, 5.41) is 0. The van der Waals surface area contributed by atoms with Crippen molar-refractivity contribution < 1.29 is 0 Å². The molecule has 0 amide bonds. The molecule has 0 bridgehead atoms. The summed E-state index contributed by atoms with van der Waals surface area (Å²) in [4.78, 5) is 3.02. The van der Waals surface area contributed by atoms with Gasteiger partial charge in [0.05, 0.1) is 0 Å². The number of hydrogen-bond donors (Lipinski definition) is 1. The monoisotopic (exact) mass is 269 g/mol. The molecule has 2 heterocycles. The zero-order chi connectivity index (χ0) is 12.3. The van der Waals surface area contributed by atoms with Gasteiger partial charge in [-0.2, -0.15) is 11.8 Å². The molecule has 96 valence electrons. The van der Waals surface area contributed by atoms with E-state index in [1.807, 2.05) is 11.3 Å². The number of aryl methyl sites for hydroxylation is 1. The first kappa shape index (κ1) is 13.4. The fourth-order valence-electron chi connectivity index (χ4n) is 2.45. The van der Waals surface area contributed by atoms with Crippen LogP contribution in [-0.4, -0.2) is 5.75 Å². The van der Waals surface area contributed by atoms with Gasteiger partial charge in [-0.1, -0.05) is 26.7 Å². The molecule has 0 aromatic carbocycles. The van der Waals surface area contributed by atoms with Crippen LogP contribution in [0.15, 0.2) is 6.07 Å². The van der Waals surface area contributed by atoms with Crippen LogP contribution in [0.1, 0.15) is 54.5 Å². The van der Waals surface area contributed by atoms with Crippen molar-refractivity contribution in [1.29, 1.82) is 0 Å². The summed E-state index contributed by atoms with van der Waals surface area (Å²) in [5.74, 6) is 3.27. The topological polar surface area (TPSA) is 26.0 Å². The van der Waals surface area contributed by atoms with Crippen LogP contribution in [0.4, 0.5) is 0 Å². The Hall–Kier alpha value is 0.01000. The Balaban J connectivity index is 2.03. The zero-order valence-corrected chi connectivity index (χ0v) is 12.5. The lowest BCUT2D eigenvalue weighted by Crippen LogP contribution is -2.13. The summed E-state index contributed by atoms with van der Waals surface area (Å²) in [7, 11) is 0. The Morgan fingerprint density at radius 1 is 1.35 bits per heavy atom. The molecule has 1 aromatic heterocycles. The second kappa shape index (κ2) is 6.26. The predicted octanol–water partition coefficient (Wildman–Crippen LogP) is 4.36. The van der Waals surface area contributed by atoms with Crippen molar-refractivity contribution in [3.05, 3.63) is 21.4 Å². The Morgan fingerprint density at radius 3 is 2.76 bits per heavy atom. The average molecular weight is 269 g/mol. The van der Waals surface area contributed by atoms with E-state index in [1.54, 1.807) is 10.4 Å². The van der Waals surface area contributed by atoms with Gasteiger partial charge < -0.3 is 5.73 Å². The van der Waals surface area contributed by atoms with Crippen LogP contribution in [0, 0.1) is 5.92 Å². The van der Waals surface area contributed by atoms with E-state index >= 15 is 0 Å². The second-order valence-corrected chi connectivity index (χ2v) is 7.20. The summed E-state index contributed by atoms with van der Waals surface area (Å²) in [6.45, 7) is 4.55. The molecule has 1 aromatic rings. The molecule has 1 aliphatic heterocycles. The van der Waals surface area contributed by atoms with E-state index in [-0.39, 0.29) is 6.04 Å². The van der Waals surface area contributed by atoms with Crippen LogP contribution in [-0.2, 0) is 12.2 Å². The number of hydrogen-bond acceptors (Lipinski definition) is 3. The van der Waals surface area contributed by atoms with E-state index in [0.29, 0.717) is 0 Å². The average Bonchev–Trinajstić information content (AvgIpc) is 2.79. The first-order chi connectivity index (χ1) is 8.24. The highest BCUT2D eigenvalue weighted by Gasteiger charge is 2.18. The lowest BCUT2D eigenvalue weighted by Gasteiger charge is -2.16. The maximum Gasteiger partial charge on any atom is 0.0392 e. The number of thiophene rings is 1. The van der Waals surface area contributed by atoms with Crippen molar-refractivity contribution in [2.24, 2.45) is 11.7 Å². The smallest absolute Gasteiger partial charge is 0.0392 e. The first-order valence-electron chi connectivity index (χ1n) is 6.69. The minimum absolute atomic E-state index is 0.264. The highest BCUT2D eigenvalue weighted by molar-refractivity contribution is 7.98. The maximum absolute atomic E-state index is 6.36. The molecular weight excluding hydrogens is 246 g/mol. The Labute approximate surface area is 113 Å². The largest absolute Gasteiger partial charge is 0.323 e. The summed E-state index contributed by atoms with van der Waals surface area (Å²) >= 11 is 4.02. The van der Waals surface area contributed by atoms with E-state index in [2.05, 4.69) is 31.7 Å². The van der Waals surface area contributed by atoms with Crippen LogP contribution in [0.3, 0.4) is 0 Å². The molecule has 2 N–H and O–H groups in total. The summed E-state index contributed by atoms with van der Waals surface area (Å²) in [5.41, 5.74) is 7.92. The molecule has 1 aliphatic rings. The van der Waals surface area contributed by atoms with Gasteiger partial charge in [0.25, 0.3) is 0 Å². The SMILES string of the molecule is CCC(CC)CC(N)c1cc2c(s1)CCSC2. The molecule has 0 spiro atoms. The molecule has 0 fully saturated rings. The molecule has 0 radical (unpaired) electrons. The van der Waals surface area contributed by atoms with Gasteiger partial charge in [0.1, 0.15) is 0 Å². The van der Waals surface area contributed by atoms with Gasteiger partial charge in [-0.15, -0.1) is 11.3 Å². The fraction of sp³-hybridized carbons (Fsp3) is 0.714. The second-order valence-electron chi connectivity index (χ2n) is 4.92. The number of nitrogens with two attached hydrogens (primary N) is 1. The highest BCUT2D eigenvalue weighted by atomic mass is 32.2. The van der Waals surface area contributed by atoms with Gasteiger partial charge >= 0.3 is 0 Å². The standard InChI is InChI=1S/C14H23NS2/c1-3-10(4-2)7-12(15)14-8-11-9-16-6-5-13(11)17-14/h8,10,12H,3-7,9,15H2,1-2H3. The molecule has 0 saturated heterocycles. The normalized spacial score (nSPS) is 17.2. The molecule has 3 heteroatoms. The van der Waals surface area contributed by atoms with E-state index < -0.39 is 0 Å². The van der Waals surface area contributed by atoms with Crippen LogP contribution < -0.4 is 5.73 Å². The summed E-state index contributed by atoms with van der Waals surface area (Å²) < 4.78 is 0. The van der Waals surface area contributed by atoms with E-state index in [4.69, 9.17) is 5.73 Å². The molecule has 1 atom stereocenters. The van der Waals surface area contributed by atoms with Gasteiger partial charge in [-0.25, -0.2) is 0 Å². The maximum atomic E-state index is 6.36. The van der Waals surface area contributed by atoms with Crippen LogP contribution in [0.5, 0.6) is 0 Å². The summed E-state index contributed by atoms with van der Waals surface area (Å²) in [6, 6.07) is 2.64. The zero-order valence-electron chi connectivity index (χ0n) is 10.9. The minimum atomic E-state index is 0.264. The molecular formula is C14H23NS2. The predicted molar refractivity (Wildman–Crippen MR) is 79.8 cm³/mol. The molecule has 17 heavy (non-hydrogen) atoms. The Kier molecular flexibility index (Phi) is 4.95. The van der Waals surface area contributed by atoms with Crippen molar-refractivity contribution in [3.63, 3.8) is 0 Å². The van der Waals surface area contributed by atoms with Gasteiger partial charge in [-0.3, -0.25) is 0 Å². The van der Waals surface area contributed by atoms with Gasteiger partial charge in [0, 0.05) is 21.5 Å². The molecule has 2 rings (SSSR count). The highest BCUT2D eigenvalue weighted by Crippen LogP contribution is 2.35. The third-order valence-corrected chi connectivity index (χ3v) is 6.13. The third-order valence-electron chi connectivity index (χ3n) is 3.75. The van der Waals surface area contributed by atoms with Gasteiger partial charge in [-0.05, 0) is 36.1 Å². The van der Waals surface area contributed by atoms with Crippen LogP contribution in [0.2, 0.25) is 0 Å². The van der Waals surface area contributed by atoms with Crippen molar-refractivity contribution in [2.45, 2.75) is 51.3 Å². The Morgan fingerprint density at radius 2 is 2.12 bits per heavy atom. The van der Waals surface area contributed by atoms with Crippen molar-refractivity contribution >= 4 is 23.1 Å². The van der Waals surface area contributed by atoms with Gasteiger partial charge in [0.2, 0.25) is 0 Å². The third kappa shape index (κ3) is 3.27. The quantitative estimate of drug-likeness (QED) is 0.859. The van der Waals surface area contributed by atoms with Crippen molar-refractivity contribution in [1.82, 2.24) is 0 Å². The minimum Gasteiger partial charge on any atom is -0.323 e. The van der Waals surface area contributed by atoms with E-state index in [9.17, 15) is 0 Å². The van der Waals surface area contributed by atoms with E-state index in [1.165, 1.54) is 35.6 Å². The summed E-state index contributed by atoms with van der Waals surface area (Å²) in [6.07, 6.45) is 4.91. The lowest BCUT2D eigenvalue weighted by molar-refractivity contribution is 0.417. The lowest BCUT2D eigenvalue weighted by atomic mass is 9.94.